The summed E-state index contributed by atoms with van der Waals surface area (Å²) >= 11 is 0. The summed E-state index contributed by atoms with van der Waals surface area (Å²) in [6.07, 6.45) is 4.77. The molecular weight excluding hydrogens is 400 g/mol. The van der Waals surface area contributed by atoms with Crippen molar-refractivity contribution in [3.8, 4) is 6.07 Å². The van der Waals surface area contributed by atoms with Crippen LogP contribution in [0, 0.1) is 25.2 Å². The maximum absolute atomic E-state index is 12.4. The fraction of sp³-hybridized carbons (Fsp3) is 0.286. The molecule has 0 bridgehead atoms. The van der Waals surface area contributed by atoms with Crippen LogP contribution in [0.4, 0.5) is 11.8 Å². The zero-order valence-corrected chi connectivity index (χ0v) is 17.2. The van der Waals surface area contributed by atoms with E-state index in [9.17, 15) is 14.9 Å². The molecule has 10 heteroatoms. The standard InChI is InChI=1S/C21H22N6O4/c1-14-15(2)27(12-16-5-3-10-30-16)20(17(14)11-22)26-18(28)13-31-19(29)6-9-25-21-23-7-4-8-24-21/h3-5,7-8,10H,6,9,12-13H2,1-2H3,(H,26,28)(H,23,24,25). The first-order valence-corrected chi connectivity index (χ1v) is 9.58. The molecule has 0 atom stereocenters. The summed E-state index contributed by atoms with van der Waals surface area (Å²) in [6.45, 7) is 3.83. The molecule has 0 radical (unpaired) electrons. The van der Waals surface area contributed by atoms with Gasteiger partial charge >= 0.3 is 5.97 Å². The van der Waals surface area contributed by atoms with E-state index in [1.54, 1.807) is 35.4 Å². The average Bonchev–Trinajstić information content (AvgIpc) is 3.36. The van der Waals surface area contributed by atoms with Crippen molar-refractivity contribution in [2.75, 3.05) is 23.8 Å². The van der Waals surface area contributed by atoms with Crippen LogP contribution in [0.2, 0.25) is 0 Å². The van der Waals surface area contributed by atoms with Crippen LogP contribution in [0.25, 0.3) is 0 Å². The molecule has 0 aromatic carbocycles. The first-order valence-electron chi connectivity index (χ1n) is 9.58. The molecule has 0 saturated carbocycles. The molecule has 0 aliphatic heterocycles. The van der Waals surface area contributed by atoms with E-state index in [2.05, 4.69) is 26.7 Å². The van der Waals surface area contributed by atoms with Crippen LogP contribution < -0.4 is 10.6 Å². The van der Waals surface area contributed by atoms with E-state index >= 15 is 0 Å². The highest BCUT2D eigenvalue weighted by molar-refractivity contribution is 5.93. The van der Waals surface area contributed by atoms with Crippen LogP contribution in [0.1, 0.15) is 29.0 Å². The highest BCUT2D eigenvalue weighted by atomic mass is 16.5. The lowest BCUT2D eigenvalue weighted by Crippen LogP contribution is -2.24. The van der Waals surface area contributed by atoms with E-state index in [1.165, 1.54) is 0 Å². The molecule has 0 fully saturated rings. The molecule has 0 saturated heterocycles. The number of rotatable bonds is 9. The number of hydrogen-bond acceptors (Lipinski definition) is 8. The minimum Gasteiger partial charge on any atom is -0.467 e. The quantitative estimate of drug-likeness (QED) is 0.502. The molecule has 3 aromatic rings. The van der Waals surface area contributed by atoms with Gasteiger partial charge in [-0.25, -0.2) is 9.97 Å². The summed E-state index contributed by atoms with van der Waals surface area (Å²) in [5.74, 6) is 0.345. The summed E-state index contributed by atoms with van der Waals surface area (Å²) < 4.78 is 12.2. The highest BCUT2D eigenvalue weighted by Gasteiger charge is 2.21. The number of esters is 1. The third kappa shape index (κ3) is 5.48. The van der Waals surface area contributed by atoms with Crippen molar-refractivity contribution >= 4 is 23.6 Å². The second-order valence-electron chi connectivity index (χ2n) is 6.67. The van der Waals surface area contributed by atoms with Gasteiger partial charge in [0, 0.05) is 24.6 Å². The zero-order valence-electron chi connectivity index (χ0n) is 17.2. The van der Waals surface area contributed by atoms with E-state index in [0.717, 1.165) is 11.3 Å². The van der Waals surface area contributed by atoms with Gasteiger partial charge in [0.2, 0.25) is 5.95 Å². The molecule has 0 spiro atoms. The molecule has 3 rings (SSSR count). The second kappa shape index (κ2) is 10.1. The van der Waals surface area contributed by atoms with Crippen LogP contribution in [-0.4, -0.2) is 39.6 Å². The minimum atomic E-state index is -0.544. The Morgan fingerprint density at radius 3 is 2.71 bits per heavy atom. The van der Waals surface area contributed by atoms with Crippen molar-refractivity contribution in [2.45, 2.75) is 26.8 Å². The minimum absolute atomic E-state index is 0.0437. The predicted octanol–water partition coefficient (Wildman–Crippen LogP) is 2.39. The fourth-order valence-corrected chi connectivity index (χ4v) is 2.94. The second-order valence-corrected chi connectivity index (χ2v) is 6.67. The molecule has 0 aliphatic rings. The lowest BCUT2D eigenvalue weighted by Gasteiger charge is -2.12. The Morgan fingerprint density at radius 2 is 2.03 bits per heavy atom. The van der Waals surface area contributed by atoms with Crippen molar-refractivity contribution in [2.24, 2.45) is 0 Å². The number of anilines is 2. The van der Waals surface area contributed by atoms with Crippen LogP contribution in [0.15, 0.2) is 41.3 Å². The number of furan rings is 1. The maximum atomic E-state index is 12.4. The molecule has 1 amide bonds. The number of aromatic nitrogens is 3. The van der Waals surface area contributed by atoms with Gasteiger partial charge in [0.15, 0.2) is 6.61 Å². The normalized spacial score (nSPS) is 10.4. The molecule has 160 valence electrons. The van der Waals surface area contributed by atoms with Gasteiger partial charge in [-0.15, -0.1) is 0 Å². The molecule has 0 unspecified atom stereocenters. The summed E-state index contributed by atoms with van der Waals surface area (Å²) in [5.41, 5.74) is 1.95. The summed E-state index contributed by atoms with van der Waals surface area (Å²) in [7, 11) is 0. The van der Waals surface area contributed by atoms with Crippen LogP contribution >= 0.6 is 0 Å². The Hall–Kier alpha value is -4.13. The molecule has 10 nitrogen and oxygen atoms in total. The summed E-state index contributed by atoms with van der Waals surface area (Å²) in [4.78, 5) is 32.2. The number of carbonyl (C=O) groups excluding carboxylic acids is 2. The third-order valence-electron chi connectivity index (χ3n) is 4.64. The molecule has 3 aromatic heterocycles. The van der Waals surface area contributed by atoms with E-state index in [1.807, 2.05) is 19.9 Å². The highest BCUT2D eigenvalue weighted by Crippen LogP contribution is 2.27. The molecule has 31 heavy (non-hydrogen) atoms. The summed E-state index contributed by atoms with van der Waals surface area (Å²) in [5, 5.41) is 15.1. The van der Waals surface area contributed by atoms with E-state index in [0.29, 0.717) is 29.6 Å². The number of ether oxygens (including phenoxy) is 1. The van der Waals surface area contributed by atoms with Gasteiger partial charge < -0.3 is 24.4 Å². The van der Waals surface area contributed by atoms with Crippen LogP contribution in [-0.2, 0) is 20.9 Å². The maximum Gasteiger partial charge on any atom is 0.308 e. The van der Waals surface area contributed by atoms with Gasteiger partial charge in [-0.05, 0) is 37.6 Å². The van der Waals surface area contributed by atoms with Crippen molar-refractivity contribution in [3.63, 3.8) is 0 Å². The van der Waals surface area contributed by atoms with E-state index in [4.69, 9.17) is 9.15 Å². The average molecular weight is 422 g/mol. The largest absolute Gasteiger partial charge is 0.467 e. The number of nitriles is 1. The number of nitrogens with zero attached hydrogens (tertiary/aromatic N) is 4. The van der Waals surface area contributed by atoms with Gasteiger partial charge in [-0.1, -0.05) is 0 Å². The Labute approximate surface area is 178 Å². The zero-order chi connectivity index (χ0) is 22.2. The monoisotopic (exact) mass is 422 g/mol. The Morgan fingerprint density at radius 1 is 1.26 bits per heavy atom. The first kappa shape index (κ1) is 21.6. The van der Waals surface area contributed by atoms with Crippen molar-refractivity contribution in [1.82, 2.24) is 14.5 Å². The lowest BCUT2D eigenvalue weighted by molar-refractivity contribution is -0.147. The lowest BCUT2D eigenvalue weighted by atomic mass is 10.2. The third-order valence-corrected chi connectivity index (χ3v) is 4.64. The molecule has 2 N–H and O–H groups in total. The first-order chi connectivity index (χ1) is 15.0. The number of amides is 1. The fourth-order valence-electron chi connectivity index (χ4n) is 2.94. The van der Waals surface area contributed by atoms with Gasteiger partial charge in [-0.3, -0.25) is 9.59 Å². The van der Waals surface area contributed by atoms with E-state index < -0.39 is 18.5 Å². The van der Waals surface area contributed by atoms with Gasteiger partial charge in [0.05, 0.1) is 24.8 Å². The molecular formula is C21H22N6O4. The Balaban J connectivity index is 1.56. The van der Waals surface area contributed by atoms with Gasteiger partial charge in [-0.2, -0.15) is 5.26 Å². The topological polar surface area (TPSA) is 135 Å². The Kier molecular flexibility index (Phi) is 7.01. The SMILES string of the molecule is Cc1c(C#N)c(NC(=O)COC(=O)CCNc2ncccn2)n(Cc2ccco2)c1C. The van der Waals surface area contributed by atoms with Gasteiger partial charge in [0.1, 0.15) is 17.6 Å². The van der Waals surface area contributed by atoms with Crippen molar-refractivity contribution in [1.29, 1.82) is 5.26 Å². The number of hydrogen-bond donors (Lipinski definition) is 2. The number of nitrogens with one attached hydrogen (secondary N) is 2. The van der Waals surface area contributed by atoms with Crippen LogP contribution in [0.3, 0.4) is 0 Å². The van der Waals surface area contributed by atoms with Crippen molar-refractivity contribution < 1.29 is 18.7 Å². The smallest absolute Gasteiger partial charge is 0.308 e. The number of carbonyl (C=O) groups is 2. The molecule has 3 heterocycles. The van der Waals surface area contributed by atoms with Gasteiger partial charge in [0.25, 0.3) is 5.91 Å². The predicted molar refractivity (Wildman–Crippen MR) is 111 cm³/mol. The Bertz CT molecular complexity index is 1080. The van der Waals surface area contributed by atoms with Crippen molar-refractivity contribution in [3.05, 3.63) is 59.4 Å². The molecule has 0 aliphatic carbocycles. The summed E-state index contributed by atoms with van der Waals surface area (Å²) in [6, 6.07) is 7.38. The van der Waals surface area contributed by atoms with Crippen LogP contribution in [0.5, 0.6) is 0 Å². The van der Waals surface area contributed by atoms with E-state index in [-0.39, 0.29) is 13.0 Å².